The van der Waals surface area contributed by atoms with Gasteiger partial charge in [0.05, 0.1) is 0 Å². The maximum atomic E-state index is 5.65. The molecule has 0 unspecified atom stereocenters. The van der Waals surface area contributed by atoms with E-state index in [-0.39, 0.29) is 0 Å². The highest BCUT2D eigenvalue weighted by molar-refractivity contribution is 7.80. The third-order valence-corrected chi connectivity index (χ3v) is 3.50. The fourth-order valence-corrected chi connectivity index (χ4v) is 2.27. The van der Waals surface area contributed by atoms with Crippen LogP contribution in [-0.2, 0) is 0 Å². The van der Waals surface area contributed by atoms with Crippen LogP contribution in [0.25, 0.3) is 0 Å². The molecule has 20 heavy (non-hydrogen) atoms. The molecular formula is C17H20N2S. The van der Waals surface area contributed by atoms with Crippen LogP contribution < -0.4 is 10.6 Å². The number of hydrogen-bond acceptors (Lipinski definition) is 2. The summed E-state index contributed by atoms with van der Waals surface area (Å²) in [5.74, 6) is 0. The van der Waals surface area contributed by atoms with Crippen molar-refractivity contribution in [2.45, 2.75) is 19.8 Å². The summed E-state index contributed by atoms with van der Waals surface area (Å²) in [7, 11) is 0. The first-order chi connectivity index (χ1) is 9.72. The highest BCUT2D eigenvalue weighted by Gasteiger charge is 2.08. The third kappa shape index (κ3) is 3.58. The van der Waals surface area contributed by atoms with Crippen LogP contribution in [0, 0.1) is 0 Å². The summed E-state index contributed by atoms with van der Waals surface area (Å²) in [5.41, 5.74) is 8.94. The molecule has 0 atom stereocenters. The Hall–Kier alpha value is -1.87. The van der Waals surface area contributed by atoms with Crippen LogP contribution >= 0.6 is 12.2 Å². The number of benzene rings is 2. The van der Waals surface area contributed by atoms with Crippen molar-refractivity contribution in [3.8, 4) is 0 Å². The largest absolute Gasteiger partial charge is 0.389 e. The number of rotatable bonds is 6. The van der Waals surface area contributed by atoms with Gasteiger partial charge >= 0.3 is 0 Å². The monoisotopic (exact) mass is 284 g/mol. The van der Waals surface area contributed by atoms with Crippen molar-refractivity contribution in [3.63, 3.8) is 0 Å². The molecule has 2 rings (SSSR count). The zero-order chi connectivity index (χ0) is 14.4. The van der Waals surface area contributed by atoms with Gasteiger partial charge in [0, 0.05) is 23.5 Å². The first kappa shape index (κ1) is 14.5. The second-order valence-electron chi connectivity index (χ2n) is 4.75. The predicted molar refractivity (Wildman–Crippen MR) is 90.7 cm³/mol. The minimum absolute atomic E-state index is 0.441. The summed E-state index contributed by atoms with van der Waals surface area (Å²) < 4.78 is 0. The topological polar surface area (TPSA) is 29.3 Å². The van der Waals surface area contributed by atoms with Gasteiger partial charge in [-0.1, -0.05) is 43.8 Å². The lowest BCUT2D eigenvalue weighted by molar-refractivity contribution is 0.786. The number of hydrogen-bond donors (Lipinski definition) is 1. The van der Waals surface area contributed by atoms with Crippen molar-refractivity contribution in [1.29, 1.82) is 0 Å². The molecule has 0 aliphatic rings. The van der Waals surface area contributed by atoms with Crippen LogP contribution in [0.2, 0.25) is 0 Å². The Bertz CT molecular complexity index is 549. The molecule has 0 aliphatic carbocycles. The molecule has 0 bridgehead atoms. The van der Waals surface area contributed by atoms with Crippen LogP contribution in [0.4, 0.5) is 11.4 Å². The zero-order valence-corrected chi connectivity index (χ0v) is 12.6. The van der Waals surface area contributed by atoms with E-state index in [4.69, 9.17) is 18.0 Å². The van der Waals surface area contributed by atoms with E-state index in [2.05, 4.69) is 48.2 Å². The number of nitrogens with zero attached hydrogens (tertiary/aromatic N) is 1. The second-order valence-corrected chi connectivity index (χ2v) is 5.19. The lowest BCUT2D eigenvalue weighted by Gasteiger charge is -2.25. The van der Waals surface area contributed by atoms with E-state index in [1.54, 1.807) is 0 Å². The molecular weight excluding hydrogens is 264 g/mol. The lowest BCUT2D eigenvalue weighted by Crippen LogP contribution is -2.18. The molecule has 0 radical (unpaired) electrons. The molecule has 0 saturated carbocycles. The molecule has 104 valence electrons. The Labute approximate surface area is 126 Å². The van der Waals surface area contributed by atoms with Crippen LogP contribution in [-0.4, -0.2) is 11.5 Å². The van der Waals surface area contributed by atoms with Gasteiger partial charge in [0.25, 0.3) is 0 Å². The number of unbranched alkanes of at least 4 members (excludes halogenated alkanes) is 1. The number of para-hydroxylation sites is 1. The number of nitrogens with two attached hydrogens (primary N) is 1. The van der Waals surface area contributed by atoms with Gasteiger partial charge in [-0.15, -0.1) is 0 Å². The molecule has 0 aromatic heterocycles. The molecule has 0 heterocycles. The molecule has 0 saturated heterocycles. The summed E-state index contributed by atoms with van der Waals surface area (Å²) in [6.07, 6.45) is 2.33. The zero-order valence-electron chi connectivity index (χ0n) is 11.8. The summed E-state index contributed by atoms with van der Waals surface area (Å²) in [6.45, 7) is 3.21. The van der Waals surface area contributed by atoms with Crippen molar-refractivity contribution in [2.75, 3.05) is 11.4 Å². The van der Waals surface area contributed by atoms with Gasteiger partial charge in [-0.2, -0.15) is 0 Å². The Kier molecular flexibility index (Phi) is 5.13. The Balaban J connectivity index is 2.28. The van der Waals surface area contributed by atoms with E-state index in [1.807, 2.05) is 18.2 Å². The fraction of sp³-hybridized carbons (Fsp3) is 0.235. The first-order valence-electron chi connectivity index (χ1n) is 6.95. The average molecular weight is 284 g/mol. The lowest BCUT2D eigenvalue weighted by atomic mass is 10.1. The van der Waals surface area contributed by atoms with Crippen molar-refractivity contribution in [1.82, 2.24) is 0 Å². The fourth-order valence-electron chi connectivity index (χ4n) is 2.14. The van der Waals surface area contributed by atoms with E-state index in [0.717, 1.165) is 18.5 Å². The van der Waals surface area contributed by atoms with Gasteiger partial charge in [0.1, 0.15) is 4.99 Å². The van der Waals surface area contributed by atoms with Gasteiger partial charge in [0.2, 0.25) is 0 Å². The van der Waals surface area contributed by atoms with Gasteiger partial charge in [0.15, 0.2) is 0 Å². The van der Waals surface area contributed by atoms with Crippen molar-refractivity contribution >= 4 is 28.6 Å². The molecule has 0 amide bonds. The third-order valence-electron chi connectivity index (χ3n) is 3.27. The summed E-state index contributed by atoms with van der Waals surface area (Å²) in [5, 5.41) is 0. The molecule has 2 aromatic rings. The smallest absolute Gasteiger partial charge is 0.103 e. The summed E-state index contributed by atoms with van der Waals surface area (Å²) >= 11 is 5.00. The normalized spacial score (nSPS) is 10.2. The Morgan fingerprint density at radius 3 is 2.15 bits per heavy atom. The first-order valence-corrected chi connectivity index (χ1v) is 7.35. The maximum absolute atomic E-state index is 5.65. The highest BCUT2D eigenvalue weighted by Crippen LogP contribution is 2.25. The molecule has 0 aliphatic heterocycles. The van der Waals surface area contributed by atoms with Crippen LogP contribution in [0.5, 0.6) is 0 Å². The standard InChI is InChI=1S/C17H20N2S/c1-2-3-13-19(15-7-5-4-6-8-15)16-11-9-14(10-12-16)17(18)20/h4-12H,2-3,13H2,1H3,(H2,18,20). The van der Waals surface area contributed by atoms with Crippen molar-refractivity contribution < 1.29 is 0 Å². The van der Waals surface area contributed by atoms with Crippen molar-refractivity contribution in [2.24, 2.45) is 5.73 Å². The molecule has 3 heteroatoms. The van der Waals surface area contributed by atoms with E-state index in [0.29, 0.717) is 4.99 Å². The SMILES string of the molecule is CCCCN(c1ccccc1)c1ccc(C(N)=S)cc1. The minimum atomic E-state index is 0.441. The second kappa shape index (κ2) is 7.06. The Morgan fingerprint density at radius 1 is 1.00 bits per heavy atom. The number of anilines is 2. The summed E-state index contributed by atoms with van der Waals surface area (Å²) in [6, 6.07) is 18.6. The van der Waals surface area contributed by atoms with E-state index < -0.39 is 0 Å². The van der Waals surface area contributed by atoms with Crippen LogP contribution in [0.3, 0.4) is 0 Å². The van der Waals surface area contributed by atoms with Gasteiger partial charge in [-0.05, 0) is 42.8 Å². The van der Waals surface area contributed by atoms with Gasteiger partial charge < -0.3 is 10.6 Å². The average Bonchev–Trinajstić information content (AvgIpc) is 2.49. The summed E-state index contributed by atoms with van der Waals surface area (Å²) in [4.78, 5) is 2.77. The molecule has 0 spiro atoms. The molecule has 2 N–H and O–H groups in total. The maximum Gasteiger partial charge on any atom is 0.103 e. The van der Waals surface area contributed by atoms with E-state index in [9.17, 15) is 0 Å². The van der Waals surface area contributed by atoms with Gasteiger partial charge in [-0.3, -0.25) is 0 Å². The van der Waals surface area contributed by atoms with Crippen molar-refractivity contribution in [3.05, 3.63) is 60.2 Å². The minimum Gasteiger partial charge on any atom is -0.389 e. The quantitative estimate of drug-likeness (QED) is 0.804. The Morgan fingerprint density at radius 2 is 1.60 bits per heavy atom. The van der Waals surface area contributed by atoms with Gasteiger partial charge in [-0.25, -0.2) is 0 Å². The molecule has 0 fully saturated rings. The van der Waals surface area contributed by atoms with E-state index >= 15 is 0 Å². The van der Waals surface area contributed by atoms with Crippen LogP contribution in [0.15, 0.2) is 54.6 Å². The highest BCUT2D eigenvalue weighted by atomic mass is 32.1. The molecule has 2 nitrogen and oxygen atoms in total. The predicted octanol–water partition coefficient (Wildman–Crippen LogP) is 4.26. The number of thiocarbonyl (C=S) groups is 1. The molecule has 2 aromatic carbocycles. The van der Waals surface area contributed by atoms with E-state index in [1.165, 1.54) is 17.8 Å². The van der Waals surface area contributed by atoms with Crippen LogP contribution in [0.1, 0.15) is 25.3 Å².